The predicted molar refractivity (Wildman–Crippen MR) is 113 cm³/mol. The monoisotopic (exact) mass is 375 g/mol. The molecule has 1 aromatic carbocycles. The van der Waals surface area contributed by atoms with E-state index in [4.69, 9.17) is 9.73 Å². The van der Waals surface area contributed by atoms with Gasteiger partial charge in [-0.3, -0.25) is 4.90 Å². The second-order valence-electron chi connectivity index (χ2n) is 8.01. The molecule has 1 heterocycles. The minimum absolute atomic E-state index is 0.0633. The fourth-order valence-corrected chi connectivity index (χ4v) is 3.21. The first-order valence-electron chi connectivity index (χ1n) is 9.98. The summed E-state index contributed by atoms with van der Waals surface area (Å²) in [7, 11) is 4.18. The van der Waals surface area contributed by atoms with Crippen molar-refractivity contribution in [3.8, 4) is 0 Å². The van der Waals surface area contributed by atoms with E-state index in [1.807, 2.05) is 0 Å². The van der Waals surface area contributed by atoms with Crippen molar-refractivity contribution in [2.45, 2.75) is 39.4 Å². The summed E-state index contributed by atoms with van der Waals surface area (Å²) in [5.41, 5.74) is 2.61. The molecule has 0 spiro atoms. The van der Waals surface area contributed by atoms with Gasteiger partial charge in [-0.05, 0) is 46.0 Å². The lowest BCUT2D eigenvalue weighted by Crippen LogP contribution is -2.56. The van der Waals surface area contributed by atoms with Gasteiger partial charge in [0, 0.05) is 38.3 Å². The van der Waals surface area contributed by atoms with Crippen LogP contribution in [0.3, 0.4) is 0 Å². The third-order valence-corrected chi connectivity index (χ3v) is 4.84. The van der Waals surface area contributed by atoms with Crippen molar-refractivity contribution < 1.29 is 4.74 Å². The van der Waals surface area contributed by atoms with E-state index in [0.29, 0.717) is 6.54 Å². The minimum Gasteiger partial charge on any atom is -0.379 e. The van der Waals surface area contributed by atoms with Gasteiger partial charge in [0.15, 0.2) is 5.96 Å². The highest BCUT2D eigenvalue weighted by Gasteiger charge is 2.28. The van der Waals surface area contributed by atoms with Crippen LogP contribution >= 0.6 is 0 Å². The molecule has 1 fully saturated rings. The molecule has 0 saturated carbocycles. The van der Waals surface area contributed by atoms with Gasteiger partial charge < -0.3 is 20.3 Å². The van der Waals surface area contributed by atoms with Crippen LogP contribution in [0, 0.1) is 0 Å². The van der Waals surface area contributed by atoms with Gasteiger partial charge >= 0.3 is 0 Å². The zero-order chi connectivity index (χ0) is 19.7. The van der Waals surface area contributed by atoms with Crippen LogP contribution in [0.1, 0.15) is 31.9 Å². The molecule has 2 rings (SSSR count). The Morgan fingerprint density at radius 3 is 2.33 bits per heavy atom. The van der Waals surface area contributed by atoms with Gasteiger partial charge in [0.1, 0.15) is 0 Å². The van der Waals surface area contributed by atoms with Gasteiger partial charge in [-0.15, -0.1) is 0 Å². The molecule has 1 aliphatic rings. The number of rotatable bonds is 8. The average molecular weight is 376 g/mol. The molecule has 0 bridgehead atoms. The summed E-state index contributed by atoms with van der Waals surface area (Å²) >= 11 is 0. The lowest BCUT2D eigenvalue weighted by Gasteiger charge is -2.41. The number of hydrogen-bond donors (Lipinski definition) is 2. The molecule has 0 aromatic heterocycles. The lowest BCUT2D eigenvalue weighted by molar-refractivity contribution is -0.00834. The molecule has 0 unspecified atom stereocenters. The Bertz CT molecular complexity index is 577. The highest BCUT2D eigenvalue weighted by Crippen LogP contribution is 2.15. The molecule has 1 aromatic rings. The molecule has 0 radical (unpaired) electrons. The van der Waals surface area contributed by atoms with Crippen LogP contribution in [0.25, 0.3) is 0 Å². The third kappa shape index (κ3) is 7.48. The molecule has 1 saturated heterocycles. The number of guanidine groups is 1. The van der Waals surface area contributed by atoms with Crippen LogP contribution in [0.15, 0.2) is 29.3 Å². The average Bonchev–Trinajstić information content (AvgIpc) is 2.65. The number of aliphatic imine (C=N–C) groups is 1. The molecule has 0 atom stereocenters. The van der Waals surface area contributed by atoms with E-state index in [-0.39, 0.29) is 5.54 Å². The van der Waals surface area contributed by atoms with Crippen LogP contribution in [-0.2, 0) is 17.8 Å². The smallest absolute Gasteiger partial charge is 0.191 e. The summed E-state index contributed by atoms with van der Waals surface area (Å²) in [5, 5.41) is 6.87. The second-order valence-corrected chi connectivity index (χ2v) is 8.01. The topological polar surface area (TPSA) is 52.1 Å². The van der Waals surface area contributed by atoms with Gasteiger partial charge in [-0.25, -0.2) is 4.99 Å². The Morgan fingerprint density at radius 2 is 1.74 bits per heavy atom. The van der Waals surface area contributed by atoms with Crippen molar-refractivity contribution in [2.75, 3.05) is 53.5 Å². The molecule has 2 N–H and O–H groups in total. The van der Waals surface area contributed by atoms with Crippen LogP contribution in [-0.4, -0.2) is 74.8 Å². The maximum absolute atomic E-state index is 5.48. The zero-order valence-electron chi connectivity index (χ0n) is 17.7. The van der Waals surface area contributed by atoms with Gasteiger partial charge in [-0.1, -0.05) is 24.3 Å². The largest absolute Gasteiger partial charge is 0.379 e. The summed E-state index contributed by atoms with van der Waals surface area (Å²) in [6, 6.07) is 8.71. The molecular formula is C21H37N5O. The van der Waals surface area contributed by atoms with Gasteiger partial charge in [0.2, 0.25) is 0 Å². The number of benzene rings is 1. The molecule has 1 aliphatic heterocycles. The first-order valence-corrected chi connectivity index (χ1v) is 9.98. The van der Waals surface area contributed by atoms with Crippen molar-refractivity contribution in [1.29, 1.82) is 0 Å². The summed E-state index contributed by atoms with van der Waals surface area (Å²) in [6.07, 6.45) is 0. The van der Waals surface area contributed by atoms with Gasteiger partial charge in [0.05, 0.1) is 19.8 Å². The number of ether oxygens (including phenoxy) is 1. The summed E-state index contributed by atoms with van der Waals surface area (Å²) in [5.74, 6) is 0.871. The zero-order valence-corrected chi connectivity index (χ0v) is 17.7. The lowest BCUT2D eigenvalue weighted by atomic mass is 10.0. The SMILES string of the molecule is CCNC(=NCc1ccc(CN(C)C)cc1)NCC(C)(C)N1CCOCC1. The molecule has 0 amide bonds. The Balaban J connectivity index is 1.91. The molecule has 6 heteroatoms. The Labute approximate surface area is 165 Å². The van der Waals surface area contributed by atoms with Crippen LogP contribution in [0.4, 0.5) is 0 Å². The predicted octanol–water partition coefficient (Wildman–Crippen LogP) is 1.91. The van der Waals surface area contributed by atoms with Gasteiger partial charge in [0.25, 0.3) is 0 Å². The normalized spacial score (nSPS) is 16.6. The Hall–Kier alpha value is -1.63. The third-order valence-electron chi connectivity index (χ3n) is 4.84. The Morgan fingerprint density at radius 1 is 1.11 bits per heavy atom. The van der Waals surface area contributed by atoms with E-state index < -0.39 is 0 Å². The van der Waals surface area contributed by atoms with Crippen molar-refractivity contribution in [1.82, 2.24) is 20.4 Å². The maximum atomic E-state index is 5.48. The van der Waals surface area contributed by atoms with Crippen LogP contribution in [0.2, 0.25) is 0 Å². The van der Waals surface area contributed by atoms with Crippen molar-refractivity contribution in [2.24, 2.45) is 4.99 Å². The van der Waals surface area contributed by atoms with E-state index >= 15 is 0 Å². The maximum Gasteiger partial charge on any atom is 0.191 e. The standard InChI is InChI=1S/C21H37N5O/c1-6-22-20(24-17-21(2,3)26-11-13-27-14-12-26)23-15-18-7-9-19(10-8-18)16-25(4)5/h7-10H,6,11-17H2,1-5H3,(H2,22,23,24). The van der Waals surface area contributed by atoms with E-state index in [1.54, 1.807) is 0 Å². The number of hydrogen-bond acceptors (Lipinski definition) is 4. The molecule has 0 aliphatic carbocycles. The van der Waals surface area contributed by atoms with E-state index in [9.17, 15) is 0 Å². The van der Waals surface area contributed by atoms with E-state index in [1.165, 1.54) is 11.1 Å². The quantitative estimate of drug-likeness (QED) is 0.537. The number of nitrogens with one attached hydrogen (secondary N) is 2. The first-order chi connectivity index (χ1) is 12.9. The molecule has 152 valence electrons. The summed E-state index contributed by atoms with van der Waals surface area (Å²) < 4.78 is 5.48. The van der Waals surface area contributed by atoms with Crippen LogP contribution in [0.5, 0.6) is 0 Å². The molecule has 27 heavy (non-hydrogen) atoms. The van der Waals surface area contributed by atoms with Crippen molar-refractivity contribution in [3.05, 3.63) is 35.4 Å². The number of nitrogens with zero attached hydrogens (tertiary/aromatic N) is 3. The van der Waals surface area contributed by atoms with E-state index in [2.05, 4.69) is 79.6 Å². The molecule has 6 nitrogen and oxygen atoms in total. The minimum atomic E-state index is 0.0633. The fourth-order valence-electron chi connectivity index (χ4n) is 3.21. The van der Waals surface area contributed by atoms with Crippen molar-refractivity contribution >= 4 is 5.96 Å². The van der Waals surface area contributed by atoms with Crippen LogP contribution < -0.4 is 10.6 Å². The summed E-state index contributed by atoms with van der Waals surface area (Å²) in [6.45, 7) is 13.6. The van der Waals surface area contributed by atoms with E-state index in [0.717, 1.165) is 51.9 Å². The van der Waals surface area contributed by atoms with Crippen molar-refractivity contribution in [3.63, 3.8) is 0 Å². The fraction of sp³-hybridized carbons (Fsp3) is 0.667. The summed E-state index contributed by atoms with van der Waals surface area (Å²) in [4.78, 5) is 9.42. The second kappa shape index (κ2) is 10.6. The molecular weight excluding hydrogens is 338 g/mol. The highest BCUT2D eigenvalue weighted by molar-refractivity contribution is 5.79. The Kier molecular flexibility index (Phi) is 8.54. The number of morpholine rings is 1. The highest BCUT2D eigenvalue weighted by atomic mass is 16.5. The van der Waals surface area contributed by atoms with Gasteiger partial charge in [-0.2, -0.15) is 0 Å². The first kappa shape index (κ1) is 21.7.